The molecule has 0 unspecified atom stereocenters. The first-order valence-corrected chi connectivity index (χ1v) is 6.69. The van der Waals surface area contributed by atoms with E-state index in [1.165, 1.54) is 0 Å². The quantitative estimate of drug-likeness (QED) is 0.685. The summed E-state index contributed by atoms with van der Waals surface area (Å²) in [5, 5.41) is 0. The minimum Gasteiger partial charge on any atom is -0.297 e. The molecule has 0 bridgehead atoms. The van der Waals surface area contributed by atoms with Gasteiger partial charge >= 0.3 is 0 Å². The fourth-order valence-corrected chi connectivity index (χ4v) is 2.05. The van der Waals surface area contributed by atoms with Crippen molar-refractivity contribution in [3.63, 3.8) is 0 Å². The Kier molecular flexibility index (Phi) is 4.34. The minimum absolute atomic E-state index is 0.150. The fraction of sp³-hybridized carbons (Fsp3) is 0.529. The molecular weight excluding hydrogens is 234 g/mol. The number of carbonyl (C=O) groups excluding carboxylic acids is 1. The van der Waals surface area contributed by atoms with Crippen LogP contribution < -0.4 is 0 Å². The number of nitrogens with zero attached hydrogens (tertiary/aromatic N) is 1. The summed E-state index contributed by atoms with van der Waals surface area (Å²) in [5.41, 5.74) is 2.50. The summed E-state index contributed by atoms with van der Waals surface area (Å²) >= 11 is 0. The van der Waals surface area contributed by atoms with Crippen molar-refractivity contribution in [1.29, 1.82) is 0 Å². The lowest BCUT2D eigenvalue weighted by molar-refractivity contribution is -0.114. The van der Waals surface area contributed by atoms with Gasteiger partial charge in [0.1, 0.15) is 0 Å². The number of rotatable bonds is 2. The molecule has 0 radical (unpaired) electrons. The van der Waals surface area contributed by atoms with Crippen LogP contribution in [0.2, 0.25) is 0 Å². The van der Waals surface area contributed by atoms with Crippen molar-refractivity contribution in [3.05, 3.63) is 34.9 Å². The average Bonchev–Trinajstić information content (AvgIpc) is 2.24. The van der Waals surface area contributed by atoms with E-state index in [1.807, 2.05) is 18.2 Å². The zero-order valence-electron chi connectivity index (χ0n) is 13.0. The van der Waals surface area contributed by atoms with Crippen LogP contribution in [0.4, 0.5) is 0 Å². The van der Waals surface area contributed by atoms with E-state index in [4.69, 9.17) is 0 Å². The molecular formula is C17H25NO. The zero-order valence-corrected chi connectivity index (χ0v) is 13.0. The highest BCUT2D eigenvalue weighted by Crippen LogP contribution is 2.38. The minimum atomic E-state index is -0.150. The van der Waals surface area contributed by atoms with E-state index >= 15 is 0 Å². The summed E-state index contributed by atoms with van der Waals surface area (Å²) in [7, 11) is 0. The van der Waals surface area contributed by atoms with Crippen molar-refractivity contribution in [3.8, 4) is 0 Å². The monoisotopic (exact) mass is 259 g/mol. The van der Waals surface area contributed by atoms with Crippen LogP contribution in [0.1, 0.15) is 41.5 Å². The van der Waals surface area contributed by atoms with E-state index in [0.717, 1.165) is 16.7 Å². The fourth-order valence-electron chi connectivity index (χ4n) is 2.05. The molecule has 0 aromatic rings. The van der Waals surface area contributed by atoms with Gasteiger partial charge in [-0.05, 0) is 35.3 Å². The largest absolute Gasteiger partial charge is 0.297 e. The predicted molar refractivity (Wildman–Crippen MR) is 82.6 cm³/mol. The third-order valence-corrected chi connectivity index (χ3v) is 3.18. The maximum Gasteiger partial charge on any atom is 0.186 e. The first kappa shape index (κ1) is 15.6. The summed E-state index contributed by atoms with van der Waals surface area (Å²) in [6.45, 7) is 16.5. The molecule has 0 heterocycles. The molecule has 0 aliphatic heterocycles. The lowest BCUT2D eigenvalue weighted by atomic mass is 9.72. The molecule has 2 nitrogen and oxygen atoms in total. The molecule has 0 N–H and O–H groups in total. The van der Waals surface area contributed by atoms with Crippen LogP contribution >= 0.6 is 0 Å². The number of ketones is 1. The van der Waals surface area contributed by atoms with Gasteiger partial charge < -0.3 is 0 Å². The van der Waals surface area contributed by atoms with Crippen molar-refractivity contribution in [2.24, 2.45) is 15.8 Å². The van der Waals surface area contributed by atoms with Crippen LogP contribution in [0, 0.1) is 10.8 Å². The number of Topliss-reactive ketones (excluding diaryl/α,β-unsaturated/α-hetero) is 1. The van der Waals surface area contributed by atoms with Gasteiger partial charge in [0.05, 0.1) is 6.54 Å². The highest BCUT2D eigenvalue weighted by molar-refractivity contribution is 6.11. The second-order valence-corrected chi connectivity index (χ2v) is 7.06. The van der Waals surface area contributed by atoms with Crippen molar-refractivity contribution in [1.82, 2.24) is 0 Å². The second kappa shape index (κ2) is 5.28. The Labute approximate surface area is 117 Å². The smallest absolute Gasteiger partial charge is 0.186 e. The van der Waals surface area contributed by atoms with Crippen LogP contribution in [0.15, 0.2) is 39.9 Å². The number of aliphatic imine (C=N–C) groups is 1. The molecule has 0 aromatic heterocycles. The van der Waals surface area contributed by atoms with Crippen LogP contribution in [0.3, 0.4) is 0 Å². The van der Waals surface area contributed by atoms with Gasteiger partial charge in [-0.25, -0.2) is 0 Å². The number of hydrogen-bond acceptors (Lipinski definition) is 2. The lowest BCUT2D eigenvalue weighted by Crippen LogP contribution is -2.27. The Balaban J connectivity index is 3.34. The Morgan fingerprint density at radius 2 is 1.47 bits per heavy atom. The van der Waals surface area contributed by atoms with E-state index in [0.29, 0.717) is 6.54 Å². The average molecular weight is 259 g/mol. The molecule has 0 saturated carbocycles. The van der Waals surface area contributed by atoms with Crippen LogP contribution in [-0.4, -0.2) is 19.0 Å². The van der Waals surface area contributed by atoms with Crippen molar-refractivity contribution >= 4 is 12.5 Å². The van der Waals surface area contributed by atoms with Gasteiger partial charge in [0.15, 0.2) is 5.78 Å². The van der Waals surface area contributed by atoms with E-state index in [2.05, 4.69) is 53.3 Å². The van der Waals surface area contributed by atoms with Crippen LogP contribution in [0.5, 0.6) is 0 Å². The zero-order chi connectivity index (χ0) is 14.8. The predicted octanol–water partition coefficient (Wildman–Crippen LogP) is 4.14. The summed E-state index contributed by atoms with van der Waals surface area (Å²) in [4.78, 5) is 16.5. The van der Waals surface area contributed by atoms with E-state index in [-0.39, 0.29) is 16.6 Å². The van der Waals surface area contributed by atoms with Crippen molar-refractivity contribution in [2.45, 2.75) is 41.5 Å². The normalized spacial score (nSPS) is 16.9. The van der Waals surface area contributed by atoms with E-state index < -0.39 is 0 Å². The van der Waals surface area contributed by atoms with Crippen molar-refractivity contribution < 1.29 is 4.79 Å². The van der Waals surface area contributed by atoms with Gasteiger partial charge in [-0.3, -0.25) is 9.79 Å². The highest BCUT2D eigenvalue weighted by atomic mass is 16.1. The van der Waals surface area contributed by atoms with Crippen LogP contribution in [-0.2, 0) is 4.79 Å². The maximum atomic E-state index is 12.6. The molecule has 0 spiro atoms. The molecule has 0 amide bonds. The molecule has 1 aliphatic carbocycles. The molecule has 104 valence electrons. The third-order valence-electron chi connectivity index (χ3n) is 3.18. The lowest BCUT2D eigenvalue weighted by Gasteiger charge is -2.31. The summed E-state index contributed by atoms with van der Waals surface area (Å²) in [6.07, 6.45) is 5.99. The first-order chi connectivity index (χ1) is 8.57. The summed E-state index contributed by atoms with van der Waals surface area (Å²) in [5.74, 6) is 0.170. The number of hydrogen-bond donors (Lipinski definition) is 0. The third kappa shape index (κ3) is 3.76. The molecule has 0 aromatic carbocycles. The Morgan fingerprint density at radius 1 is 1.05 bits per heavy atom. The Hall–Kier alpha value is -1.44. The van der Waals surface area contributed by atoms with E-state index in [9.17, 15) is 4.79 Å². The molecule has 1 aliphatic rings. The van der Waals surface area contributed by atoms with Crippen molar-refractivity contribution in [2.75, 3.05) is 6.54 Å². The van der Waals surface area contributed by atoms with Gasteiger partial charge in [-0.1, -0.05) is 47.6 Å². The van der Waals surface area contributed by atoms with Gasteiger partial charge in [-0.2, -0.15) is 0 Å². The maximum absolute atomic E-state index is 12.6. The van der Waals surface area contributed by atoms with Gasteiger partial charge in [0, 0.05) is 11.1 Å². The number of carbonyl (C=O) groups is 1. The topological polar surface area (TPSA) is 29.4 Å². The van der Waals surface area contributed by atoms with Gasteiger partial charge in [0.2, 0.25) is 0 Å². The standard InChI is InChI=1S/C17H25NO/c1-16(2,3)13-10-12(8-9-18-7)11-14(15(13)19)17(4,5)6/h8,10-11H,7,9H2,1-6H3. The molecule has 0 fully saturated rings. The SMILES string of the molecule is C=NCC=C1C=C(C(C)(C)C)C(=O)C(C(C)(C)C)=C1. The molecule has 19 heavy (non-hydrogen) atoms. The van der Waals surface area contributed by atoms with Crippen LogP contribution in [0.25, 0.3) is 0 Å². The summed E-state index contributed by atoms with van der Waals surface area (Å²) < 4.78 is 0. The van der Waals surface area contributed by atoms with Gasteiger partial charge in [-0.15, -0.1) is 0 Å². The first-order valence-electron chi connectivity index (χ1n) is 6.69. The molecule has 2 heteroatoms. The summed E-state index contributed by atoms with van der Waals surface area (Å²) in [6, 6.07) is 0. The Morgan fingerprint density at radius 3 is 1.79 bits per heavy atom. The molecule has 0 atom stereocenters. The van der Waals surface area contributed by atoms with E-state index in [1.54, 1.807) is 0 Å². The Bertz CT molecular complexity index is 440. The highest BCUT2D eigenvalue weighted by Gasteiger charge is 2.33. The van der Waals surface area contributed by atoms with Gasteiger partial charge in [0.25, 0.3) is 0 Å². The second-order valence-electron chi connectivity index (χ2n) is 7.06. The molecule has 1 rings (SSSR count). The number of allylic oxidation sites excluding steroid dienone is 5. The molecule has 0 saturated heterocycles.